The Hall–Kier alpha value is -2.19. The van der Waals surface area contributed by atoms with Crippen LogP contribution in [-0.4, -0.2) is 6.36 Å². The maximum Gasteiger partial charge on any atom is 0.573 e. The molecule has 0 aromatic heterocycles. The average molecular weight is 298 g/mol. The number of benzene rings is 2. The summed E-state index contributed by atoms with van der Waals surface area (Å²) in [5.41, 5.74) is 1.68. The van der Waals surface area contributed by atoms with Crippen molar-refractivity contribution < 1.29 is 17.9 Å². The Kier molecular flexibility index (Phi) is 3.86. The van der Waals surface area contributed by atoms with Gasteiger partial charge in [-0.05, 0) is 29.8 Å². The lowest BCUT2D eigenvalue weighted by atomic mass is 10.0. The first-order valence-electron chi connectivity index (χ1n) is 5.45. The molecule has 0 atom stereocenters. The molecule has 0 saturated carbocycles. The van der Waals surface area contributed by atoms with Gasteiger partial charge in [0.15, 0.2) is 0 Å². The lowest BCUT2D eigenvalue weighted by Gasteiger charge is -2.10. The Balaban J connectivity index is 2.29. The van der Waals surface area contributed by atoms with Crippen LogP contribution in [0.15, 0.2) is 42.5 Å². The normalized spacial score (nSPS) is 10.9. The lowest BCUT2D eigenvalue weighted by molar-refractivity contribution is -0.274. The molecule has 0 bridgehead atoms. The third kappa shape index (κ3) is 3.43. The molecular formula is C14H7ClF3NO. The quantitative estimate of drug-likeness (QED) is 0.799. The summed E-state index contributed by atoms with van der Waals surface area (Å²) in [7, 11) is 0. The fourth-order valence-electron chi connectivity index (χ4n) is 1.65. The first-order valence-corrected chi connectivity index (χ1v) is 5.83. The number of ether oxygens (including phenoxy) is 1. The van der Waals surface area contributed by atoms with Gasteiger partial charge in [-0.25, -0.2) is 0 Å². The van der Waals surface area contributed by atoms with Crippen LogP contribution < -0.4 is 4.74 Å². The number of nitrogens with zero attached hydrogens (tertiary/aromatic N) is 1. The largest absolute Gasteiger partial charge is 0.573 e. The predicted molar refractivity (Wildman–Crippen MR) is 68.3 cm³/mol. The molecule has 0 aliphatic heterocycles. The third-order valence-electron chi connectivity index (χ3n) is 2.50. The molecule has 20 heavy (non-hydrogen) atoms. The van der Waals surface area contributed by atoms with Gasteiger partial charge in [-0.2, -0.15) is 5.26 Å². The fourth-order valence-corrected chi connectivity index (χ4v) is 1.94. The highest BCUT2D eigenvalue weighted by Gasteiger charge is 2.30. The Bertz CT molecular complexity index is 660. The molecule has 0 aliphatic carbocycles. The maximum absolute atomic E-state index is 12.0. The van der Waals surface area contributed by atoms with Crippen molar-refractivity contribution in [3.63, 3.8) is 0 Å². The van der Waals surface area contributed by atoms with Crippen molar-refractivity contribution in [1.29, 1.82) is 5.26 Å². The zero-order chi connectivity index (χ0) is 14.8. The van der Waals surface area contributed by atoms with Crippen molar-refractivity contribution in [3.8, 4) is 22.9 Å². The van der Waals surface area contributed by atoms with Gasteiger partial charge in [0.1, 0.15) is 5.75 Å². The van der Waals surface area contributed by atoms with E-state index in [2.05, 4.69) is 4.74 Å². The molecule has 0 spiro atoms. The number of nitriles is 1. The second-order valence-corrected chi connectivity index (χ2v) is 4.29. The molecule has 2 aromatic carbocycles. The zero-order valence-electron chi connectivity index (χ0n) is 9.91. The topological polar surface area (TPSA) is 33.0 Å². The van der Waals surface area contributed by atoms with Gasteiger partial charge in [0.05, 0.1) is 11.6 Å². The van der Waals surface area contributed by atoms with Gasteiger partial charge < -0.3 is 4.74 Å². The highest BCUT2D eigenvalue weighted by atomic mass is 35.5. The highest BCUT2D eigenvalue weighted by molar-refractivity contribution is 6.33. The average Bonchev–Trinajstić information content (AvgIpc) is 2.38. The minimum atomic E-state index is -4.71. The van der Waals surface area contributed by atoms with Crippen molar-refractivity contribution in [3.05, 3.63) is 53.1 Å². The summed E-state index contributed by atoms with van der Waals surface area (Å²) in [5.74, 6) is -0.300. The fraction of sp³-hybridized carbons (Fsp3) is 0.0714. The Morgan fingerprint density at radius 2 is 1.70 bits per heavy atom. The maximum atomic E-state index is 12.0. The van der Waals surface area contributed by atoms with E-state index in [1.165, 1.54) is 30.3 Å². The first-order chi connectivity index (χ1) is 9.39. The van der Waals surface area contributed by atoms with E-state index in [4.69, 9.17) is 16.9 Å². The Morgan fingerprint density at radius 3 is 2.20 bits per heavy atom. The SMILES string of the molecule is N#Cc1ccc(-c2ccc(OC(F)(F)F)cc2)c(Cl)c1. The number of halogens is 4. The van der Waals surface area contributed by atoms with Gasteiger partial charge in [-0.15, -0.1) is 13.2 Å². The molecule has 0 N–H and O–H groups in total. The standard InChI is InChI=1S/C14H7ClF3NO/c15-13-7-9(8-19)1-6-12(13)10-2-4-11(5-3-10)20-14(16,17)18/h1-7H. The molecule has 0 radical (unpaired) electrons. The summed E-state index contributed by atoms with van der Waals surface area (Å²) in [6.45, 7) is 0. The van der Waals surface area contributed by atoms with E-state index < -0.39 is 6.36 Å². The summed E-state index contributed by atoms with van der Waals surface area (Å²) >= 11 is 6.03. The molecule has 2 aromatic rings. The van der Waals surface area contributed by atoms with E-state index in [-0.39, 0.29) is 5.75 Å². The van der Waals surface area contributed by atoms with E-state index in [9.17, 15) is 13.2 Å². The van der Waals surface area contributed by atoms with Crippen LogP contribution in [0.1, 0.15) is 5.56 Å². The van der Waals surface area contributed by atoms with Crippen molar-refractivity contribution in [2.75, 3.05) is 0 Å². The smallest absolute Gasteiger partial charge is 0.406 e. The summed E-state index contributed by atoms with van der Waals surface area (Å²) in [6, 6.07) is 12.0. The van der Waals surface area contributed by atoms with E-state index in [0.717, 1.165) is 0 Å². The van der Waals surface area contributed by atoms with Crippen molar-refractivity contribution in [1.82, 2.24) is 0 Å². The molecular weight excluding hydrogens is 291 g/mol. The molecule has 102 valence electrons. The van der Waals surface area contributed by atoms with Crippen molar-refractivity contribution in [2.24, 2.45) is 0 Å². The van der Waals surface area contributed by atoms with Crippen molar-refractivity contribution in [2.45, 2.75) is 6.36 Å². The zero-order valence-corrected chi connectivity index (χ0v) is 10.7. The van der Waals surface area contributed by atoms with Crippen LogP contribution >= 0.6 is 11.6 Å². The molecule has 0 fully saturated rings. The van der Waals surface area contributed by atoms with Crippen LogP contribution in [0.4, 0.5) is 13.2 Å². The summed E-state index contributed by atoms with van der Waals surface area (Å²) in [5, 5.41) is 9.09. The second kappa shape index (κ2) is 5.43. The van der Waals surface area contributed by atoms with E-state index in [0.29, 0.717) is 21.7 Å². The van der Waals surface area contributed by atoms with E-state index >= 15 is 0 Å². The van der Waals surface area contributed by atoms with E-state index in [1.807, 2.05) is 6.07 Å². The van der Waals surface area contributed by atoms with Crippen LogP contribution in [0.5, 0.6) is 5.75 Å². The van der Waals surface area contributed by atoms with Gasteiger partial charge in [-0.3, -0.25) is 0 Å². The van der Waals surface area contributed by atoms with Gasteiger partial charge in [0.25, 0.3) is 0 Å². The molecule has 0 heterocycles. The van der Waals surface area contributed by atoms with Crippen LogP contribution in [0, 0.1) is 11.3 Å². The Morgan fingerprint density at radius 1 is 1.05 bits per heavy atom. The molecule has 0 unspecified atom stereocenters. The molecule has 6 heteroatoms. The molecule has 2 nitrogen and oxygen atoms in total. The van der Waals surface area contributed by atoms with Crippen LogP contribution in [0.25, 0.3) is 11.1 Å². The van der Waals surface area contributed by atoms with Crippen LogP contribution in [0.2, 0.25) is 5.02 Å². The number of hydrogen-bond acceptors (Lipinski definition) is 2. The monoisotopic (exact) mass is 297 g/mol. The molecule has 0 aliphatic rings. The minimum Gasteiger partial charge on any atom is -0.406 e. The molecule has 0 saturated heterocycles. The summed E-state index contributed by atoms with van der Waals surface area (Å²) < 4.78 is 39.9. The van der Waals surface area contributed by atoms with Crippen LogP contribution in [-0.2, 0) is 0 Å². The van der Waals surface area contributed by atoms with Gasteiger partial charge in [0, 0.05) is 10.6 Å². The van der Waals surface area contributed by atoms with Gasteiger partial charge >= 0.3 is 6.36 Å². The van der Waals surface area contributed by atoms with Gasteiger partial charge in [0.2, 0.25) is 0 Å². The molecule has 2 rings (SSSR count). The lowest BCUT2D eigenvalue weighted by Crippen LogP contribution is -2.16. The summed E-state index contributed by atoms with van der Waals surface area (Å²) in [6.07, 6.45) is -4.71. The number of hydrogen-bond donors (Lipinski definition) is 0. The Labute approximate surface area is 118 Å². The first kappa shape index (κ1) is 14.2. The van der Waals surface area contributed by atoms with E-state index in [1.54, 1.807) is 12.1 Å². The minimum absolute atomic E-state index is 0.300. The summed E-state index contributed by atoms with van der Waals surface area (Å²) in [4.78, 5) is 0. The molecule has 0 amide bonds. The van der Waals surface area contributed by atoms with Crippen LogP contribution in [0.3, 0.4) is 0 Å². The second-order valence-electron chi connectivity index (χ2n) is 3.88. The number of rotatable bonds is 2. The number of alkyl halides is 3. The highest BCUT2D eigenvalue weighted by Crippen LogP contribution is 2.31. The van der Waals surface area contributed by atoms with Crippen molar-refractivity contribution >= 4 is 11.6 Å². The third-order valence-corrected chi connectivity index (χ3v) is 2.81. The van der Waals surface area contributed by atoms with Gasteiger partial charge in [-0.1, -0.05) is 29.8 Å². The predicted octanol–water partition coefficient (Wildman–Crippen LogP) is 4.78.